The summed E-state index contributed by atoms with van der Waals surface area (Å²) in [6, 6.07) is 1.79. The molecule has 0 bridgehead atoms. The molecule has 0 amide bonds. The maximum Gasteiger partial charge on any atom is 0.341 e. The fourth-order valence-electron chi connectivity index (χ4n) is 4.50. The zero-order valence-electron chi connectivity index (χ0n) is 18.2. The van der Waals surface area contributed by atoms with E-state index < -0.39 is 11.4 Å². The lowest BCUT2D eigenvalue weighted by Gasteiger charge is -2.39. The lowest BCUT2D eigenvalue weighted by atomic mass is 9.90. The summed E-state index contributed by atoms with van der Waals surface area (Å²) in [5.74, 6) is 0.139. The molecular formula is C23H24N4O5S. The van der Waals surface area contributed by atoms with Crippen LogP contribution in [-0.2, 0) is 9.53 Å². The molecule has 2 fully saturated rings. The Morgan fingerprint density at radius 2 is 2.15 bits per heavy atom. The van der Waals surface area contributed by atoms with Gasteiger partial charge in [-0.2, -0.15) is 0 Å². The number of aromatic carboxylic acids is 1. The molecule has 3 aromatic rings. The Morgan fingerprint density at radius 1 is 1.33 bits per heavy atom. The molecule has 1 atom stereocenters. The Hall–Kier alpha value is -3.11. The van der Waals surface area contributed by atoms with Crippen LogP contribution in [0.15, 0.2) is 28.6 Å². The van der Waals surface area contributed by atoms with E-state index >= 15 is 0 Å². The number of ether oxygens (including phenoxy) is 1. The lowest BCUT2D eigenvalue weighted by molar-refractivity contribution is -0.123. The number of carbonyl (C=O) groups is 2. The van der Waals surface area contributed by atoms with Gasteiger partial charge in [0, 0.05) is 50.5 Å². The fourth-order valence-corrected chi connectivity index (χ4v) is 5.12. The molecule has 1 N–H and O–H groups in total. The number of aryl methyl sites for hydroxylation is 1. The number of hydrogen-bond donors (Lipinski definition) is 1. The number of hydrogen-bond acceptors (Lipinski definition) is 8. The summed E-state index contributed by atoms with van der Waals surface area (Å²) >= 11 is 1.33. The zero-order chi connectivity index (χ0) is 23.1. The Morgan fingerprint density at radius 3 is 2.82 bits per heavy atom. The van der Waals surface area contributed by atoms with Gasteiger partial charge >= 0.3 is 5.97 Å². The molecule has 2 aliphatic rings. The number of thiazole rings is 1. The first-order chi connectivity index (χ1) is 15.9. The van der Waals surface area contributed by atoms with Gasteiger partial charge in [0.25, 0.3) is 0 Å². The number of carbonyl (C=O) groups excluding carboxylic acids is 1. The van der Waals surface area contributed by atoms with E-state index in [1.54, 1.807) is 29.1 Å². The van der Waals surface area contributed by atoms with Gasteiger partial charge in [-0.05, 0) is 37.3 Å². The van der Waals surface area contributed by atoms with Gasteiger partial charge < -0.3 is 14.7 Å². The second-order valence-electron chi connectivity index (χ2n) is 8.69. The molecule has 5 rings (SSSR count). The number of aromatic nitrogens is 3. The minimum absolute atomic E-state index is 0.0133. The van der Waals surface area contributed by atoms with E-state index in [-0.39, 0.29) is 22.7 Å². The van der Waals surface area contributed by atoms with Crippen molar-refractivity contribution in [2.24, 2.45) is 11.8 Å². The second-order valence-corrected chi connectivity index (χ2v) is 9.57. The first-order valence-electron chi connectivity index (χ1n) is 11.0. The predicted molar refractivity (Wildman–Crippen MR) is 124 cm³/mol. The third-order valence-corrected chi connectivity index (χ3v) is 7.25. The molecule has 0 saturated carbocycles. The van der Waals surface area contributed by atoms with Crippen molar-refractivity contribution >= 4 is 39.9 Å². The summed E-state index contributed by atoms with van der Waals surface area (Å²) < 4.78 is 6.95. The minimum atomic E-state index is -1.29. The van der Waals surface area contributed by atoms with Crippen LogP contribution in [0.5, 0.6) is 0 Å². The predicted octanol–water partition coefficient (Wildman–Crippen LogP) is 2.67. The van der Waals surface area contributed by atoms with Crippen LogP contribution < -0.4 is 10.3 Å². The summed E-state index contributed by atoms with van der Waals surface area (Å²) in [6.07, 6.45) is 5.41. The van der Waals surface area contributed by atoms with Crippen molar-refractivity contribution in [3.8, 4) is 5.13 Å². The average Bonchev–Trinajstić information content (AvgIpc) is 3.45. The maximum absolute atomic E-state index is 12.9. The maximum atomic E-state index is 12.9. The van der Waals surface area contributed by atoms with Gasteiger partial charge in [-0.3, -0.25) is 14.2 Å². The van der Waals surface area contributed by atoms with Crippen molar-refractivity contribution in [2.45, 2.75) is 26.2 Å². The summed E-state index contributed by atoms with van der Waals surface area (Å²) in [7, 11) is 0. The molecule has 3 aromatic heterocycles. The number of ketones is 1. The van der Waals surface area contributed by atoms with Crippen molar-refractivity contribution in [3.63, 3.8) is 0 Å². The molecule has 10 heteroatoms. The molecule has 9 nitrogen and oxygen atoms in total. The first-order valence-corrected chi connectivity index (χ1v) is 11.9. The molecule has 2 aliphatic heterocycles. The first kappa shape index (κ1) is 21.7. The molecule has 5 heterocycles. The van der Waals surface area contributed by atoms with Gasteiger partial charge in [-0.15, -0.1) is 11.3 Å². The zero-order valence-corrected chi connectivity index (χ0v) is 19.0. The van der Waals surface area contributed by atoms with E-state index in [0.717, 1.165) is 26.1 Å². The molecule has 2 saturated heterocycles. The number of nitrogens with zero attached hydrogens (tertiary/aromatic N) is 4. The van der Waals surface area contributed by atoms with Gasteiger partial charge in [0.1, 0.15) is 17.2 Å². The van der Waals surface area contributed by atoms with Crippen LogP contribution in [-0.4, -0.2) is 57.7 Å². The van der Waals surface area contributed by atoms with E-state index in [1.807, 2.05) is 4.90 Å². The number of rotatable bonds is 7. The Labute approximate surface area is 193 Å². The second kappa shape index (κ2) is 8.68. The third kappa shape index (κ3) is 4.04. The smallest absolute Gasteiger partial charge is 0.341 e. The van der Waals surface area contributed by atoms with Crippen LogP contribution in [0, 0.1) is 18.8 Å². The van der Waals surface area contributed by atoms with Crippen molar-refractivity contribution < 1.29 is 19.4 Å². The van der Waals surface area contributed by atoms with Crippen LogP contribution in [0.1, 0.15) is 35.2 Å². The summed E-state index contributed by atoms with van der Waals surface area (Å²) in [5.41, 5.74) is 0.127. The van der Waals surface area contributed by atoms with Gasteiger partial charge in [-0.25, -0.2) is 14.8 Å². The molecule has 0 aromatic carbocycles. The minimum Gasteiger partial charge on any atom is -0.477 e. The van der Waals surface area contributed by atoms with E-state index in [4.69, 9.17) is 9.72 Å². The summed E-state index contributed by atoms with van der Waals surface area (Å²) in [5, 5.41) is 12.1. The van der Waals surface area contributed by atoms with Crippen molar-refractivity contribution in [3.05, 3.63) is 45.2 Å². The third-order valence-electron chi connectivity index (χ3n) is 6.48. The molecule has 0 aliphatic carbocycles. The van der Waals surface area contributed by atoms with E-state index in [1.165, 1.54) is 17.5 Å². The van der Waals surface area contributed by atoms with Crippen LogP contribution in [0.4, 0.5) is 5.82 Å². The van der Waals surface area contributed by atoms with E-state index in [2.05, 4.69) is 4.98 Å². The van der Waals surface area contributed by atoms with Gasteiger partial charge in [0.15, 0.2) is 10.8 Å². The van der Waals surface area contributed by atoms with E-state index in [0.29, 0.717) is 47.6 Å². The highest BCUT2D eigenvalue weighted by molar-refractivity contribution is 7.12. The van der Waals surface area contributed by atoms with Crippen LogP contribution in [0.2, 0.25) is 0 Å². The van der Waals surface area contributed by atoms with Gasteiger partial charge in [0.2, 0.25) is 5.43 Å². The number of fused-ring (bicyclic) bond motifs is 1. The summed E-state index contributed by atoms with van der Waals surface area (Å²) in [6.45, 7) is 4.51. The quantitative estimate of drug-likeness (QED) is 0.563. The number of Topliss-reactive ketones (excluding diaryl/α,β-unsaturated/α-hetero) is 1. The number of carboxylic acid groups (broad SMARTS) is 1. The SMILES string of the molecule is Cc1cc(N2CC(C(=O)CCC3CCOC3)C2)nc2c1c(=O)c(C(=O)O)cn2-c1nccs1. The molecule has 1 unspecified atom stereocenters. The Balaban J connectivity index is 1.42. The largest absolute Gasteiger partial charge is 0.477 e. The van der Waals surface area contributed by atoms with Crippen molar-refractivity contribution in [1.82, 2.24) is 14.5 Å². The van der Waals surface area contributed by atoms with Crippen molar-refractivity contribution in [1.29, 1.82) is 0 Å². The molecule has 0 spiro atoms. The highest BCUT2D eigenvalue weighted by Crippen LogP contribution is 2.30. The Bertz CT molecular complexity index is 1270. The van der Waals surface area contributed by atoms with Crippen LogP contribution in [0.3, 0.4) is 0 Å². The highest BCUT2D eigenvalue weighted by Gasteiger charge is 2.34. The standard InChI is InChI=1S/C23H24N4O5S/c1-13-8-18(26-9-15(10-26)17(28)3-2-14-4-6-32-12-14)25-21-19(13)20(29)16(22(30)31)11-27(21)23-24-5-7-33-23/h5,7-8,11,14-15H,2-4,6,9-10,12H2,1H3,(H,30,31). The lowest BCUT2D eigenvalue weighted by Crippen LogP contribution is -2.51. The normalized spacial score (nSPS) is 18.6. The van der Waals surface area contributed by atoms with Crippen LogP contribution in [0.25, 0.3) is 16.2 Å². The monoisotopic (exact) mass is 468 g/mol. The number of anilines is 1. The Kier molecular flexibility index (Phi) is 5.71. The van der Waals surface area contributed by atoms with Gasteiger partial charge in [-0.1, -0.05) is 0 Å². The molecule has 0 radical (unpaired) electrons. The van der Waals surface area contributed by atoms with Gasteiger partial charge in [0.05, 0.1) is 11.3 Å². The average molecular weight is 469 g/mol. The van der Waals surface area contributed by atoms with E-state index in [9.17, 15) is 19.5 Å². The fraction of sp³-hybridized carbons (Fsp3) is 0.435. The number of carboxylic acids is 1. The van der Waals surface area contributed by atoms with Crippen LogP contribution >= 0.6 is 11.3 Å². The topological polar surface area (TPSA) is 115 Å². The number of pyridine rings is 2. The summed E-state index contributed by atoms with van der Waals surface area (Å²) in [4.78, 5) is 48.2. The highest BCUT2D eigenvalue weighted by atomic mass is 32.1. The molecular weight excluding hydrogens is 444 g/mol. The molecule has 172 valence electrons. The van der Waals surface area contributed by atoms with Crippen molar-refractivity contribution in [2.75, 3.05) is 31.2 Å². The molecule has 33 heavy (non-hydrogen) atoms.